The van der Waals surface area contributed by atoms with E-state index in [2.05, 4.69) is 5.16 Å². The molecule has 0 saturated carbocycles. The molecule has 1 aromatic carbocycles. The molecule has 0 N–H and O–H groups in total. The van der Waals surface area contributed by atoms with Crippen molar-refractivity contribution in [2.75, 3.05) is 14.2 Å². The van der Waals surface area contributed by atoms with E-state index in [1.165, 1.54) is 0 Å². The molecular formula is C12H13NO3. The number of methoxy groups -OCH3 is 2. The maximum atomic E-state index is 5.29. The first kappa shape index (κ1) is 10.5. The lowest BCUT2D eigenvalue weighted by Crippen LogP contribution is -1.92. The summed E-state index contributed by atoms with van der Waals surface area (Å²) in [6, 6.07) is 7.44. The summed E-state index contributed by atoms with van der Waals surface area (Å²) in [4.78, 5) is 0. The van der Waals surface area contributed by atoms with Gasteiger partial charge in [-0.25, -0.2) is 0 Å². The lowest BCUT2D eigenvalue weighted by Gasteiger charge is -2.10. The van der Waals surface area contributed by atoms with Crippen LogP contribution >= 0.6 is 0 Å². The second-order valence-corrected chi connectivity index (χ2v) is 3.36. The largest absolute Gasteiger partial charge is 0.496 e. The average Bonchev–Trinajstić information content (AvgIpc) is 2.74. The van der Waals surface area contributed by atoms with Crippen molar-refractivity contribution in [1.82, 2.24) is 5.16 Å². The van der Waals surface area contributed by atoms with Crippen LogP contribution in [0.4, 0.5) is 0 Å². The first-order valence-corrected chi connectivity index (χ1v) is 4.91. The first-order valence-electron chi connectivity index (χ1n) is 4.91. The molecule has 0 unspecified atom stereocenters. The Bertz CT molecular complexity index is 469. The van der Waals surface area contributed by atoms with Crippen molar-refractivity contribution in [2.24, 2.45) is 0 Å². The van der Waals surface area contributed by atoms with Gasteiger partial charge in [0.1, 0.15) is 23.0 Å². The number of rotatable bonds is 3. The molecule has 4 nitrogen and oxygen atoms in total. The van der Waals surface area contributed by atoms with Gasteiger partial charge in [-0.3, -0.25) is 0 Å². The summed E-state index contributed by atoms with van der Waals surface area (Å²) in [6.45, 7) is 1.85. The van der Waals surface area contributed by atoms with Gasteiger partial charge in [-0.15, -0.1) is 0 Å². The molecule has 0 spiro atoms. The van der Waals surface area contributed by atoms with E-state index in [0.29, 0.717) is 17.2 Å². The van der Waals surface area contributed by atoms with Gasteiger partial charge in [0, 0.05) is 6.07 Å². The Kier molecular flexibility index (Phi) is 2.81. The van der Waals surface area contributed by atoms with Gasteiger partial charge in [0.25, 0.3) is 0 Å². The zero-order valence-electron chi connectivity index (χ0n) is 9.48. The molecule has 0 atom stereocenters. The van der Waals surface area contributed by atoms with Crippen LogP contribution in [0, 0.1) is 6.92 Å². The van der Waals surface area contributed by atoms with Crippen LogP contribution in [-0.2, 0) is 0 Å². The fourth-order valence-corrected chi connectivity index (χ4v) is 1.59. The van der Waals surface area contributed by atoms with E-state index in [9.17, 15) is 0 Å². The van der Waals surface area contributed by atoms with E-state index in [-0.39, 0.29) is 0 Å². The minimum Gasteiger partial charge on any atom is -0.496 e. The molecule has 0 aliphatic rings. The standard InChI is InChI=1S/C12H13NO3/c1-8-7-9(13-16-8)12-10(14-2)5-4-6-11(12)15-3/h4-7H,1-3H3. The van der Waals surface area contributed by atoms with Crippen molar-refractivity contribution in [2.45, 2.75) is 6.92 Å². The monoisotopic (exact) mass is 219 g/mol. The predicted octanol–water partition coefficient (Wildman–Crippen LogP) is 2.67. The third kappa shape index (κ3) is 1.74. The zero-order chi connectivity index (χ0) is 11.5. The lowest BCUT2D eigenvalue weighted by molar-refractivity contribution is 0.388. The summed E-state index contributed by atoms with van der Waals surface area (Å²) in [5.41, 5.74) is 1.52. The van der Waals surface area contributed by atoms with E-state index in [1.54, 1.807) is 14.2 Å². The molecule has 2 rings (SSSR count). The van der Waals surface area contributed by atoms with Gasteiger partial charge in [-0.1, -0.05) is 11.2 Å². The third-order valence-corrected chi connectivity index (χ3v) is 2.31. The van der Waals surface area contributed by atoms with Crippen LogP contribution in [0.5, 0.6) is 11.5 Å². The smallest absolute Gasteiger partial charge is 0.134 e. The number of hydrogen-bond acceptors (Lipinski definition) is 4. The van der Waals surface area contributed by atoms with E-state index in [0.717, 1.165) is 11.3 Å². The first-order chi connectivity index (χ1) is 7.76. The van der Waals surface area contributed by atoms with Crippen molar-refractivity contribution in [3.8, 4) is 22.8 Å². The normalized spacial score (nSPS) is 10.2. The van der Waals surface area contributed by atoms with E-state index in [4.69, 9.17) is 14.0 Å². The lowest BCUT2D eigenvalue weighted by atomic mass is 10.1. The maximum absolute atomic E-state index is 5.29. The molecule has 0 radical (unpaired) electrons. The number of ether oxygens (including phenoxy) is 2. The van der Waals surface area contributed by atoms with Gasteiger partial charge in [0.15, 0.2) is 0 Å². The van der Waals surface area contributed by atoms with Gasteiger partial charge in [0.2, 0.25) is 0 Å². The molecule has 4 heteroatoms. The molecule has 84 valence electrons. The van der Waals surface area contributed by atoms with Gasteiger partial charge < -0.3 is 14.0 Å². The highest BCUT2D eigenvalue weighted by Gasteiger charge is 2.15. The third-order valence-electron chi connectivity index (χ3n) is 2.31. The van der Waals surface area contributed by atoms with Crippen molar-refractivity contribution in [3.05, 3.63) is 30.0 Å². The summed E-state index contributed by atoms with van der Waals surface area (Å²) < 4.78 is 15.6. The molecule has 0 saturated heterocycles. The molecule has 0 aliphatic carbocycles. The van der Waals surface area contributed by atoms with Crippen LogP contribution in [0.15, 0.2) is 28.8 Å². The Balaban J connectivity index is 2.60. The minimum atomic E-state index is 0.715. The summed E-state index contributed by atoms with van der Waals surface area (Å²) >= 11 is 0. The van der Waals surface area contributed by atoms with Crippen molar-refractivity contribution in [3.63, 3.8) is 0 Å². The number of aromatic nitrogens is 1. The van der Waals surface area contributed by atoms with Gasteiger partial charge in [-0.2, -0.15) is 0 Å². The number of aryl methyl sites for hydroxylation is 1. The topological polar surface area (TPSA) is 44.5 Å². The minimum absolute atomic E-state index is 0.715. The molecule has 0 fully saturated rings. The molecule has 0 amide bonds. The highest BCUT2D eigenvalue weighted by Crippen LogP contribution is 2.37. The van der Waals surface area contributed by atoms with Gasteiger partial charge in [0.05, 0.1) is 19.8 Å². The van der Waals surface area contributed by atoms with Crippen LogP contribution in [0.25, 0.3) is 11.3 Å². The summed E-state index contributed by atoms with van der Waals surface area (Å²) in [5.74, 6) is 2.18. The van der Waals surface area contributed by atoms with Crippen LogP contribution in [-0.4, -0.2) is 19.4 Å². The number of hydrogen-bond donors (Lipinski definition) is 0. The molecule has 1 heterocycles. The van der Waals surface area contributed by atoms with E-state index in [1.807, 2.05) is 31.2 Å². The molecule has 16 heavy (non-hydrogen) atoms. The summed E-state index contributed by atoms with van der Waals surface area (Å²) in [7, 11) is 3.23. The van der Waals surface area contributed by atoms with Crippen LogP contribution in [0.1, 0.15) is 5.76 Å². The Morgan fingerprint density at radius 1 is 1.12 bits per heavy atom. The molecule has 2 aromatic rings. The van der Waals surface area contributed by atoms with Crippen molar-refractivity contribution in [1.29, 1.82) is 0 Å². The molecule has 0 bridgehead atoms. The second kappa shape index (κ2) is 4.26. The van der Waals surface area contributed by atoms with E-state index >= 15 is 0 Å². The van der Waals surface area contributed by atoms with Crippen LogP contribution in [0.3, 0.4) is 0 Å². The summed E-state index contributed by atoms with van der Waals surface area (Å²) in [5, 5.41) is 3.97. The van der Waals surface area contributed by atoms with Crippen LogP contribution in [0.2, 0.25) is 0 Å². The van der Waals surface area contributed by atoms with Crippen LogP contribution < -0.4 is 9.47 Å². The SMILES string of the molecule is COc1cccc(OC)c1-c1cc(C)on1. The average molecular weight is 219 g/mol. The summed E-state index contributed by atoms with van der Waals surface area (Å²) in [6.07, 6.45) is 0. The zero-order valence-corrected chi connectivity index (χ0v) is 9.48. The fraction of sp³-hybridized carbons (Fsp3) is 0.250. The quantitative estimate of drug-likeness (QED) is 0.796. The predicted molar refractivity (Wildman–Crippen MR) is 59.8 cm³/mol. The molecular weight excluding hydrogens is 206 g/mol. The molecule has 0 aliphatic heterocycles. The van der Waals surface area contributed by atoms with Gasteiger partial charge in [-0.05, 0) is 19.1 Å². The Morgan fingerprint density at radius 3 is 2.19 bits per heavy atom. The fourth-order valence-electron chi connectivity index (χ4n) is 1.59. The van der Waals surface area contributed by atoms with E-state index < -0.39 is 0 Å². The highest BCUT2D eigenvalue weighted by atomic mass is 16.5. The molecule has 1 aromatic heterocycles. The van der Waals surface area contributed by atoms with Gasteiger partial charge >= 0.3 is 0 Å². The van der Waals surface area contributed by atoms with Crippen molar-refractivity contribution >= 4 is 0 Å². The Morgan fingerprint density at radius 2 is 1.75 bits per heavy atom. The Labute approximate surface area is 93.8 Å². The second-order valence-electron chi connectivity index (χ2n) is 3.36. The number of nitrogens with zero attached hydrogens (tertiary/aromatic N) is 1. The number of benzene rings is 1. The Hall–Kier alpha value is -1.97. The maximum Gasteiger partial charge on any atom is 0.134 e. The van der Waals surface area contributed by atoms with Crippen molar-refractivity contribution < 1.29 is 14.0 Å². The highest BCUT2D eigenvalue weighted by molar-refractivity contribution is 5.74.